The average molecular weight is 228 g/mol. The lowest BCUT2D eigenvalue weighted by Gasteiger charge is -2.32. The minimum Gasteiger partial charge on any atom is -0.381 e. The fourth-order valence-corrected chi connectivity index (χ4v) is 2.13. The van der Waals surface area contributed by atoms with E-state index in [1.54, 1.807) is 0 Å². The van der Waals surface area contributed by atoms with Crippen LogP contribution in [0.1, 0.15) is 39.5 Å². The molecule has 16 heavy (non-hydrogen) atoms. The molecule has 0 aliphatic carbocycles. The van der Waals surface area contributed by atoms with Crippen LogP contribution >= 0.6 is 0 Å². The number of carbonyl (C=O) groups is 1. The lowest BCUT2D eigenvalue weighted by molar-refractivity contribution is -0.132. The van der Waals surface area contributed by atoms with E-state index in [0.29, 0.717) is 6.54 Å². The summed E-state index contributed by atoms with van der Waals surface area (Å²) in [7, 11) is 0. The summed E-state index contributed by atoms with van der Waals surface area (Å²) >= 11 is 0. The topological polar surface area (TPSA) is 64.4 Å². The molecule has 0 atom stereocenters. The number of ether oxygens (including phenoxy) is 1. The molecule has 0 radical (unpaired) electrons. The summed E-state index contributed by atoms with van der Waals surface area (Å²) in [6, 6.07) is 0.269. The van der Waals surface area contributed by atoms with E-state index in [1.807, 2.05) is 13.8 Å². The lowest BCUT2D eigenvalue weighted by Crippen LogP contribution is -2.50. The number of nitrogens with one attached hydrogen (secondary N) is 1. The van der Waals surface area contributed by atoms with Crippen molar-refractivity contribution in [1.82, 2.24) is 5.32 Å². The summed E-state index contributed by atoms with van der Waals surface area (Å²) in [6.45, 7) is 5.98. The van der Waals surface area contributed by atoms with Gasteiger partial charge in [-0.2, -0.15) is 0 Å². The molecule has 4 heteroatoms. The predicted octanol–water partition coefficient (Wildman–Crippen LogP) is 1.05. The Morgan fingerprint density at radius 2 is 1.94 bits per heavy atom. The van der Waals surface area contributed by atoms with E-state index < -0.39 is 0 Å². The fraction of sp³-hybridized carbons (Fsp3) is 0.917. The second kappa shape index (κ2) is 6.21. The van der Waals surface area contributed by atoms with Gasteiger partial charge in [0.05, 0.1) is 5.41 Å². The molecule has 1 aliphatic rings. The van der Waals surface area contributed by atoms with E-state index in [1.165, 1.54) is 0 Å². The first kappa shape index (κ1) is 13.5. The number of rotatable bonds is 5. The molecule has 3 N–H and O–H groups in total. The number of hydrogen-bond acceptors (Lipinski definition) is 3. The van der Waals surface area contributed by atoms with Gasteiger partial charge < -0.3 is 15.8 Å². The van der Waals surface area contributed by atoms with Gasteiger partial charge in [-0.3, -0.25) is 4.79 Å². The molecule has 0 aromatic rings. The lowest BCUT2D eigenvalue weighted by atomic mass is 9.81. The molecule has 4 nitrogen and oxygen atoms in total. The summed E-state index contributed by atoms with van der Waals surface area (Å²) in [5.74, 6) is 0.118. The maximum atomic E-state index is 12.2. The number of hydrogen-bond donors (Lipinski definition) is 2. The number of amides is 1. The van der Waals surface area contributed by atoms with Crippen molar-refractivity contribution < 1.29 is 9.53 Å². The first-order valence-corrected chi connectivity index (χ1v) is 6.27. The zero-order valence-electron chi connectivity index (χ0n) is 10.4. The van der Waals surface area contributed by atoms with Crippen LogP contribution in [0.5, 0.6) is 0 Å². The summed E-state index contributed by atoms with van der Waals surface area (Å²) in [5, 5.41) is 3.11. The van der Waals surface area contributed by atoms with Gasteiger partial charge in [-0.25, -0.2) is 0 Å². The van der Waals surface area contributed by atoms with Crippen LogP contribution in [-0.4, -0.2) is 31.7 Å². The fourth-order valence-electron chi connectivity index (χ4n) is 2.13. The monoisotopic (exact) mass is 228 g/mol. The third-order valence-corrected chi connectivity index (χ3v) is 3.78. The molecule has 1 heterocycles. The smallest absolute Gasteiger partial charge is 0.227 e. The van der Waals surface area contributed by atoms with Gasteiger partial charge in [0, 0.05) is 25.8 Å². The van der Waals surface area contributed by atoms with E-state index in [-0.39, 0.29) is 17.4 Å². The Morgan fingerprint density at radius 1 is 1.38 bits per heavy atom. The van der Waals surface area contributed by atoms with Crippen LogP contribution in [0.2, 0.25) is 0 Å². The van der Waals surface area contributed by atoms with E-state index in [9.17, 15) is 4.79 Å². The molecular weight excluding hydrogens is 204 g/mol. The highest BCUT2D eigenvalue weighted by atomic mass is 16.5. The summed E-state index contributed by atoms with van der Waals surface area (Å²) in [5.41, 5.74) is 5.37. The first-order valence-electron chi connectivity index (χ1n) is 6.27. The zero-order valence-corrected chi connectivity index (χ0v) is 10.4. The van der Waals surface area contributed by atoms with E-state index in [4.69, 9.17) is 10.5 Å². The second-order valence-electron chi connectivity index (χ2n) is 4.55. The van der Waals surface area contributed by atoms with Crippen LogP contribution in [0.3, 0.4) is 0 Å². The second-order valence-corrected chi connectivity index (χ2v) is 4.55. The molecule has 1 fully saturated rings. The molecule has 0 spiro atoms. The molecule has 1 saturated heterocycles. The molecule has 0 bridgehead atoms. The highest BCUT2D eigenvalue weighted by Crippen LogP contribution is 2.25. The molecule has 1 aliphatic heterocycles. The van der Waals surface area contributed by atoms with Gasteiger partial charge in [-0.1, -0.05) is 13.8 Å². The maximum Gasteiger partial charge on any atom is 0.227 e. The highest BCUT2D eigenvalue weighted by molar-refractivity contribution is 5.83. The highest BCUT2D eigenvalue weighted by Gasteiger charge is 2.34. The minimum atomic E-state index is -0.377. The largest absolute Gasteiger partial charge is 0.381 e. The van der Waals surface area contributed by atoms with Gasteiger partial charge in [-0.05, 0) is 25.7 Å². The van der Waals surface area contributed by atoms with Crippen molar-refractivity contribution in [3.63, 3.8) is 0 Å². The molecular formula is C12H24N2O2. The average Bonchev–Trinajstić information content (AvgIpc) is 2.33. The summed E-state index contributed by atoms with van der Waals surface area (Å²) in [6.07, 6.45) is 3.43. The van der Waals surface area contributed by atoms with Gasteiger partial charge in [0.1, 0.15) is 0 Å². The Bertz CT molecular complexity index is 213. The van der Waals surface area contributed by atoms with Crippen molar-refractivity contribution in [2.75, 3.05) is 19.8 Å². The van der Waals surface area contributed by atoms with Crippen LogP contribution in [0.15, 0.2) is 0 Å². The van der Waals surface area contributed by atoms with Crippen LogP contribution in [0.25, 0.3) is 0 Å². The van der Waals surface area contributed by atoms with Crippen molar-refractivity contribution in [3.8, 4) is 0 Å². The number of nitrogens with two attached hydrogens (primary N) is 1. The Morgan fingerprint density at radius 3 is 2.38 bits per heavy atom. The SMILES string of the molecule is CCC(CC)(CN)C(=O)NC1CCOCC1. The minimum absolute atomic E-state index is 0.118. The molecule has 1 amide bonds. The Kier molecular flexibility index (Phi) is 5.22. The summed E-state index contributed by atoms with van der Waals surface area (Å²) in [4.78, 5) is 12.2. The molecule has 1 rings (SSSR count). The van der Waals surface area contributed by atoms with Crippen molar-refractivity contribution >= 4 is 5.91 Å². The summed E-state index contributed by atoms with van der Waals surface area (Å²) < 4.78 is 5.27. The third-order valence-electron chi connectivity index (χ3n) is 3.78. The predicted molar refractivity (Wildman–Crippen MR) is 64.1 cm³/mol. The van der Waals surface area contributed by atoms with Gasteiger partial charge >= 0.3 is 0 Å². The van der Waals surface area contributed by atoms with Gasteiger partial charge in [0.15, 0.2) is 0 Å². The molecule has 0 saturated carbocycles. The van der Waals surface area contributed by atoms with Gasteiger partial charge in [-0.15, -0.1) is 0 Å². The third kappa shape index (κ3) is 2.95. The van der Waals surface area contributed by atoms with Crippen LogP contribution in [0.4, 0.5) is 0 Å². The van der Waals surface area contributed by atoms with Crippen LogP contribution in [0, 0.1) is 5.41 Å². The van der Waals surface area contributed by atoms with Crippen molar-refractivity contribution in [1.29, 1.82) is 0 Å². The van der Waals surface area contributed by atoms with Crippen molar-refractivity contribution in [2.45, 2.75) is 45.6 Å². The van der Waals surface area contributed by atoms with Gasteiger partial charge in [0.25, 0.3) is 0 Å². The normalized spacial score (nSPS) is 18.4. The molecule has 0 unspecified atom stereocenters. The Labute approximate surface area is 97.9 Å². The quantitative estimate of drug-likeness (QED) is 0.739. The van der Waals surface area contributed by atoms with Gasteiger partial charge in [0.2, 0.25) is 5.91 Å². The van der Waals surface area contributed by atoms with Crippen LogP contribution in [-0.2, 0) is 9.53 Å². The molecule has 0 aromatic carbocycles. The standard InChI is InChI=1S/C12H24N2O2/c1-3-12(4-2,9-13)11(15)14-10-5-7-16-8-6-10/h10H,3-9,13H2,1-2H3,(H,14,15). The Hall–Kier alpha value is -0.610. The zero-order chi connectivity index (χ0) is 12.0. The first-order chi connectivity index (χ1) is 7.68. The van der Waals surface area contributed by atoms with E-state index in [0.717, 1.165) is 38.9 Å². The van der Waals surface area contributed by atoms with Crippen molar-refractivity contribution in [3.05, 3.63) is 0 Å². The van der Waals surface area contributed by atoms with E-state index in [2.05, 4.69) is 5.32 Å². The van der Waals surface area contributed by atoms with Crippen LogP contribution < -0.4 is 11.1 Å². The molecule has 94 valence electrons. The maximum absolute atomic E-state index is 12.2. The molecule has 0 aromatic heterocycles. The number of carbonyl (C=O) groups excluding carboxylic acids is 1. The van der Waals surface area contributed by atoms with Crippen molar-refractivity contribution in [2.24, 2.45) is 11.1 Å². The Balaban J connectivity index is 2.54. The van der Waals surface area contributed by atoms with E-state index >= 15 is 0 Å².